The van der Waals surface area contributed by atoms with Crippen molar-refractivity contribution in [3.63, 3.8) is 0 Å². The second kappa shape index (κ2) is 5.21. The van der Waals surface area contributed by atoms with Crippen LogP contribution in [0.5, 0.6) is 0 Å². The number of carbonyl (C=O) groups excluding carboxylic acids is 1. The number of furan rings is 1. The van der Waals surface area contributed by atoms with Crippen molar-refractivity contribution < 1.29 is 9.21 Å². The molecule has 0 atom stereocenters. The Kier molecular flexibility index (Phi) is 3.25. The largest absolute Gasteiger partial charge is 0.464 e. The maximum absolute atomic E-state index is 11.9. The van der Waals surface area contributed by atoms with E-state index in [1.54, 1.807) is 18.7 Å². The molecule has 5 heteroatoms. The van der Waals surface area contributed by atoms with Crippen LogP contribution in [0, 0.1) is 6.92 Å². The van der Waals surface area contributed by atoms with Crippen molar-refractivity contribution in [2.45, 2.75) is 19.9 Å². The molecule has 2 N–H and O–H groups in total. The summed E-state index contributed by atoms with van der Waals surface area (Å²) in [6, 6.07) is 5.98. The molecule has 0 spiro atoms. The van der Waals surface area contributed by atoms with Gasteiger partial charge in [0.25, 0.3) is 0 Å². The Labute approximate surface area is 116 Å². The molecule has 0 bridgehead atoms. The van der Waals surface area contributed by atoms with Crippen LogP contribution in [0.15, 0.2) is 41.3 Å². The molecule has 0 saturated heterocycles. The highest BCUT2D eigenvalue weighted by molar-refractivity contribution is 5.87. The molecule has 1 aromatic carbocycles. The van der Waals surface area contributed by atoms with Gasteiger partial charge < -0.3 is 14.7 Å². The van der Waals surface area contributed by atoms with Gasteiger partial charge in [-0.2, -0.15) is 0 Å². The Hall–Kier alpha value is -2.56. The average molecular weight is 269 g/mol. The molecule has 5 nitrogen and oxygen atoms in total. The molecule has 3 aromatic rings. The minimum atomic E-state index is -0.0512. The number of carbonyl (C=O) groups is 1. The number of benzene rings is 1. The van der Waals surface area contributed by atoms with Gasteiger partial charge in [0, 0.05) is 23.3 Å². The van der Waals surface area contributed by atoms with Crippen LogP contribution in [-0.2, 0) is 17.8 Å². The lowest BCUT2D eigenvalue weighted by atomic mass is 10.1. The third-order valence-corrected chi connectivity index (χ3v) is 3.17. The van der Waals surface area contributed by atoms with E-state index in [0.29, 0.717) is 13.0 Å². The lowest BCUT2D eigenvalue weighted by Gasteiger charge is -2.02. The fourth-order valence-corrected chi connectivity index (χ4v) is 2.14. The summed E-state index contributed by atoms with van der Waals surface area (Å²) in [6.45, 7) is 2.42. The molecule has 1 amide bonds. The summed E-state index contributed by atoms with van der Waals surface area (Å²) in [5.41, 5.74) is 2.86. The summed E-state index contributed by atoms with van der Waals surface area (Å²) in [6.07, 6.45) is 5.34. The van der Waals surface area contributed by atoms with E-state index in [9.17, 15) is 4.79 Å². The monoisotopic (exact) mass is 269 g/mol. The predicted molar refractivity (Wildman–Crippen MR) is 75.1 cm³/mol. The van der Waals surface area contributed by atoms with E-state index in [2.05, 4.69) is 15.3 Å². The maximum Gasteiger partial charge on any atom is 0.224 e. The third kappa shape index (κ3) is 2.56. The van der Waals surface area contributed by atoms with Crippen LogP contribution in [0.4, 0.5) is 0 Å². The number of imidazole rings is 1. The number of hydrogen-bond donors (Lipinski definition) is 2. The van der Waals surface area contributed by atoms with E-state index in [4.69, 9.17) is 4.42 Å². The number of aryl methyl sites for hydroxylation is 1. The lowest BCUT2D eigenvalue weighted by Crippen LogP contribution is -2.24. The molecular weight excluding hydrogens is 254 g/mol. The second-order valence-electron chi connectivity index (χ2n) is 4.75. The van der Waals surface area contributed by atoms with Crippen LogP contribution in [0.25, 0.3) is 11.0 Å². The molecule has 3 rings (SSSR count). The van der Waals surface area contributed by atoms with Gasteiger partial charge >= 0.3 is 0 Å². The summed E-state index contributed by atoms with van der Waals surface area (Å²) < 4.78 is 5.48. The first-order chi connectivity index (χ1) is 9.72. The molecule has 102 valence electrons. The quantitative estimate of drug-likeness (QED) is 0.763. The Morgan fingerprint density at radius 1 is 1.45 bits per heavy atom. The van der Waals surface area contributed by atoms with Crippen molar-refractivity contribution >= 4 is 16.9 Å². The van der Waals surface area contributed by atoms with Crippen LogP contribution in [0.2, 0.25) is 0 Å². The molecule has 0 aliphatic rings. The molecule has 0 aliphatic carbocycles. The highest BCUT2D eigenvalue weighted by Gasteiger charge is 2.10. The van der Waals surface area contributed by atoms with Gasteiger partial charge in [-0.25, -0.2) is 4.98 Å². The van der Waals surface area contributed by atoms with Crippen molar-refractivity contribution in [2.75, 3.05) is 0 Å². The summed E-state index contributed by atoms with van der Waals surface area (Å²) in [7, 11) is 0. The molecule has 0 aliphatic heterocycles. The number of amides is 1. The zero-order valence-corrected chi connectivity index (χ0v) is 11.1. The molecule has 0 fully saturated rings. The van der Waals surface area contributed by atoms with E-state index in [0.717, 1.165) is 27.9 Å². The van der Waals surface area contributed by atoms with Crippen LogP contribution in [-0.4, -0.2) is 15.9 Å². The van der Waals surface area contributed by atoms with Gasteiger partial charge in [0.15, 0.2) is 0 Å². The van der Waals surface area contributed by atoms with Crippen LogP contribution in [0.1, 0.15) is 17.0 Å². The number of rotatable bonds is 4. The fraction of sp³-hybridized carbons (Fsp3) is 0.200. The molecule has 20 heavy (non-hydrogen) atoms. The van der Waals surface area contributed by atoms with Gasteiger partial charge in [0.2, 0.25) is 5.91 Å². The van der Waals surface area contributed by atoms with Gasteiger partial charge in [-0.15, -0.1) is 0 Å². The zero-order chi connectivity index (χ0) is 13.9. The number of hydrogen-bond acceptors (Lipinski definition) is 3. The first kappa shape index (κ1) is 12.5. The molecule has 2 heterocycles. The summed E-state index contributed by atoms with van der Waals surface area (Å²) >= 11 is 0. The lowest BCUT2D eigenvalue weighted by molar-refractivity contribution is -0.120. The minimum Gasteiger partial charge on any atom is -0.464 e. The zero-order valence-electron chi connectivity index (χ0n) is 11.1. The van der Waals surface area contributed by atoms with Gasteiger partial charge in [-0.05, 0) is 18.6 Å². The van der Waals surface area contributed by atoms with E-state index in [1.807, 2.05) is 25.1 Å². The van der Waals surface area contributed by atoms with Crippen molar-refractivity contribution in [2.24, 2.45) is 0 Å². The number of aromatic nitrogens is 2. The van der Waals surface area contributed by atoms with Crippen molar-refractivity contribution in [1.29, 1.82) is 0 Å². The molecule has 2 aromatic heterocycles. The number of nitrogens with zero attached hydrogens (tertiary/aromatic N) is 1. The third-order valence-electron chi connectivity index (χ3n) is 3.17. The number of H-pyrrole nitrogens is 1. The van der Waals surface area contributed by atoms with Crippen molar-refractivity contribution in [3.8, 4) is 0 Å². The highest BCUT2D eigenvalue weighted by atomic mass is 16.3. The normalized spacial score (nSPS) is 10.8. The van der Waals surface area contributed by atoms with Gasteiger partial charge in [-0.1, -0.05) is 12.1 Å². The summed E-state index contributed by atoms with van der Waals surface area (Å²) in [5.74, 6) is 0.690. The summed E-state index contributed by atoms with van der Waals surface area (Å²) in [4.78, 5) is 18.9. The molecule has 0 saturated carbocycles. The maximum atomic E-state index is 11.9. The predicted octanol–water partition coefficient (Wildman–Crippen LogP) is 2.32. The smallest absolute Gasteiger partial charge is 0.224 e. The Morgan fingerprint density at radius 3 is 3.15 bits per heavy atom. The van der Waals surface area contributed by atoms with Gasteiger partial charge in [0.1, 0.15) is 11.4 Å². The van der Waals surface area contributed by atoms with E-state index in [1.165, 1.54) is 0 Å². The minimum absolute atomic E-state index is 0.0512. The number of nitrogens with one attached hydrogen (secondary N) is 2. The Balaban J connectivity index is 1.68. The van der Waals surface area contributed by atoms with Crippen LogP contribution >= 0.6 is 0 Å². The Morgan fingerprint density at radius 2 is 2.35 bits per heavy atom. The van der Waals surface area contributed by atoms with Crippen molar-refractivity contribution in [1.82, 2.24) is 15.3 Å². The molecule has 0 radical (unpaired) electrons. The first-order valence-electron chi connectivity index (χ1n) is 6.44. The summed E-state index contributed by atoms with van der Waals surface area (Å²) in [5, 5.41) is 3.81. The molecule has 0 unspecified atom stereocenters. The topological polar surface area (TPSA) is 70.9 Å². The SMILES string of the molecule is Cc1ccc2c(CC(=O)NCc3ncc[nH]3)coc2c1. The van der Waals surface area contributed by atoms with E-state index >= 15 is 0 Å². The average Bonchev–Trinajstić information content (AvgIpc) is 3.06. The highest BCUT2D eigenvalue weighted by Crippen LogP contribution is 2.22. The number of fused-ring (bicyclic) bond motifs is 1. The number of aromatic amines is 1. The Bertz CT molecular complexity index is 729. The van der Waals surface area contributed by atoms with E-state index < -0.39 is 0 Å². The second-order valence-corrected chi connectivity index (χ2v) is 4.75. The van der Waals surface area contributed by atoms with Gasteiger partial charge in [-0.3, -0.25) is 4.79 Å². The van der Waals surface area contributed by atoms with Crippen LogP contribution in [0.3, 0.4) is 0 Å². The first-order valence-corrected chi connectivity index (χ1v) is 6.44. The van der Waals surface area contributed by atoms with Crippen molar-refractivity contribution in [3.05, 3.63) is 53.8 Å². The van der Waals surface area contributed by atoms with E-state index in [-0.39, 0.29) is 5.91 Å². The standard InChI is InChI=1S/C15H15N3O2/c1-10-2-3-12-11(9-20-13(12)6-10)7-15(19)18-8-14-16-4-5-17-14/h2-6,9H,7-8H2,1H3,(H,16,17)(H,18,19). The van der Waals surface area contributed by atoms with Gasteiger partial charge in [0.05, 0.1) is 19.2 Å². The fourth-order valence-electron chi connectivity index (χ4n) is 2.14. The molecular formula is C15H15N3O2. The van der Waals surface area contributed by atoms with Crippen LogP contribution < -0.4 is 5.32 Å².